The highest BCUT2D eigenvalue weighted by Crippen LogP contribution is 2.23. The number of carbonyl (C=O) groups excluding carboxylic acids is 2. The van der Waals surface area contributed by atoms with Crippen LogP contribution in [0.2, 0.25) is 10.0 Å². The maximum absolute atomic E-state index is 12.2. The lowest BCUT2D eigenvalue weighted by Crippen LogP contribution is -2.54. The van der Waals surface area contributed by atoms with Crippen LogP contribution >= 0.6 is 23.2 Å². The zero-order valence-electron chi connectivity index (χ0n) is 13.2. The third-order valence-corrected chi connectivity index (χ3v) is 5.14. The van der Waals surface area contributed by atoms with Gasteiger partial charge in [-0.25, -0.2) is 4.79 Å². The molecule has 2 aliphatic heterocycles. The number of nitrogens with one attached hydrogen (secondary N) is 2. The lowest BCUT2D eigenvalue weighted by molar-refractivity contribution is -0.120. The molecule has 0 radical (unpaired) electrons. The molecular weight excluding hydrogens is 351 g/mol. The number of piperazine rings is 1. The van der Waals surface area contributed by atoms with Gasteiger partial charge in [-0.2, -0.15) is 0 Å². The molecule has 1 unspecified atom stereocenters. The molecule has 2 fully saturated rings. The van der Waals surface area contributed by atoms with Crippen LogP contribution in [0.15, 0.2) is 18.2 Å². The second-order valence-electron chi connectivity index (χ2n) is 6.09. The van der Waals surface area contributed by atoms with Crippen LogP contribution in [-0.4, -0.2) is 60.5 Å². The van der Waals surface area contributed by atoms with Gasteiger partial charge in [0.1, 0.15) is 6.04 Å². The SMILES string of the molecule is O=C1NCCC1NC(=O)N1CCN(Cc2ccc(Cl)c(Cl)c2)CC1. The molecule has 3 rings (SSSR count). The second kappa shape index (κ2) is 7.59. The topological polar surface area (TPSA) is 64.7 Å². The zero-order valence-corrected chi connectivity index (χ0v) is 14.7. The molecule has 0 saturated carbocycles. The monoisotopic (exact) mass is 370 g/mol. The molecule has 3 amide bonds. The van der Waals surface area contributed by atoms with E-state index in [1.807, 2.05) is 12.1 Å². The molecule has 6 nitrogen and oxygen atoms in total. The molecule has 130 valence electrons. The first-order valence-corrected chi connectivity index (χ1v) is 8.78. The van der Waals surface area contributed by atoms with Crippen molar-refractivity contribution in [2.75, 3.05) is 32.7 Å². The van der Waals surface area contributed by atoms with E-state index in [4.69, 9.17) is 23.2 Å². The Kier molecular flexibility index (Phi) is 5.48. The third-order valence-electron chi connectivity index (χ3n) is 4.40. The maximum atomic E-state index is 12.2. The van der Waals surface area contributed by atoms with Crippen LogP contribution in [0.25, 0.3) is 0 Å². The minimum Gasteiger partial charge on any atom is -0.354 e. The normalized spacial score (nSPS) is 21.7. The van der Waals surface area contributed by atoms with Crippen LogP contribution in [0.4, 0.5) is 4.79 Å². The van der Waals surface area contributed by atoms with Gasteiger partial charge in [-0.1, -0.05) is 29.3 Å². The van der Waals surface area contributed by atoms with E-state index in [2.05, 4.69) is 15.5 Å². The van der Waals surface area contributed by atoms with Gasteiger partial charge in [0.25, 0.3) is 0 Å². The molecule has 1 aromatic rings. The molecular formula is C16H20Cl2N4O2. The Morgan fingerprint density at radius 3 is 2.58 bits per heavy atom. The van der Waals surface area contributed by atoms with Crippen LogP contribution in [-0.2, 0) is 11.3 Å². The summed E-state index contributed by atoms with van der Waals surface area (Å²) in [5, 5.41) is 6.63. The number of nitrogens with zero attached hydrogens (tertiary/aromatic N) is 2. The largest absolute Gasteiger partial charge is 0.354 e. The number of hydrogen-bond donors (Lipinski definition) is 2. The minimum atomic E-state index is -0.397. The molecule has 8 heteroatoms. The lowest BCUT2D eigenvalue weighted by Gasteiger charge is -2.35. The Morgan fingerprint density at radius 2 is 1.96 bits per heavy atom. The fourth-order valence-electron chi connectivity index (χ4n) is 2.98. The standard InChI is InChI=1S/C16H20Cl2N4O2/c17-12-2-1-11(9-13(12)18)10-21-5-7-22(8-6-21)16(24)20-14-3-4-19-15(14)23/h1-2,9,14H,3-8,10H2,(H,19,23)(H,20,24). The van der Waals surface area contributed by atoms with Crippen molar-refractivity contribution in [3.8, 4) is 0 Å². The summed E-state index contributed by atoms with van der Waals surface area (Å²) in [4.78, 5) is 27.8. The van der Waals surface area contributed by atoms with Crippen LogP contribution < -0.4 is 10.6 Å². The molecule has 2 N–H and O–H groups in total. The van der Waals surface area contributed by atoms with Crippen molar-refractivity contribution in [3.63, 3.8) is 0 Å². The molecule has 0 aliphatic carbocycles. The van der Waals surface area contributed by atoms with Gasteiger partial charge in [0, 0.05) is 39.3 Å². The Morgan fingerprint density at radius 1 is 1.21 bits per heavy atom. The summed E-state index contributed by atoms with van der Waals surface area (Å²) in [6.45, 7) is 4.25. The molecule has 2 heterocycles. The smallest absolute Gasteiger partial charge is 0.318 e. The Balaban J connectivity index is 1.47. The summed E-state index contributed by atoms with van der Waals surface area (Å²) in [5.41, 5.74) is 1.10. The van der Waals surface area contributed by atoms with Crippen molar-refractivity contribution < 1.29 is 9.59 Å². The summed E-state index contributed by atoms with van der Waals surface area (Å²) < 4.78 is 0. The van der Waals surface area contributed by atoms with Gasteiger partial charge in [0.05, 0.1) is 10.0 Å². The molecule has 0 bridgehead atoms. The van der Waals surface area contributed by atoms with Gasteiger partial charge < -0.3 is 15.5 Å². The van der Waals surface area contributed by atoms with E-state index in [-0.39, 0.29) is 11.9 Å². The van der Waals surface area contributed by atoms with Crippen LogP contribution in [0, 0.1) is 0 Å². The predicted molar refractivity (Wildman–Crippen MR) is 93.3 cm³/mol. The molecule has 1 aromatic carbocycles. The first-order valence-electron chi connectivity index (χ1n) is 8.02. The van der Waals surface area contributed by atoms with E-state index in [0.29, 0.717) is 36.1 Å². The summed E-state index contributed by atoms with van der Waals surface area (Å²) in [5.74, 6) is -0.0957. The number of rotatable bonds is 3. The zero-order chi connectivity index (χ0) is 17.1. The lowest BCUT2D eigenvalue weighted by atomic mass is 10.2. The Bertz CT molecular complexity index is 633. The van der Waals surface area contributed by atoms with E-state index < -0.39 is 6.04 Å². The van der Waals surface area contributed by atoms with Gasteiger partial charge in [-0.05, 0) is 24.1 Å². The molecule has 24 heavy (non-hydrogen) atoms. The fraction of sp³-hybridized carbons (Fsp3) is 0.500. The predicted octanol–water partition coefficient (Wildman–Crippen LogP) is 1.71. The Hall–Kier alpha value is -1.50. The van der Waals surface area contributed by atoms with Crippen molar-refractivity contribution in [3.05, 3.63) is 33.8 Å². The second-order valence-corrected chi connectivity index (χ2v) is 6.91. The quantitative estimate of drug-likeness (QED) is 0.850. The van der Waals surface area contributed by atoms with Gasteiger partial charge in [0.15, 0.2) is 0 Å². The third kappa shape index (κ3) is 4.12. The number of benzene rings is 1. The number of halogens is 2. The van der Waals surface area contributed by atoms with Crippen molar-refractivity contribution in [1.29, 1.82) is 0 Å². The molecule has 2 saturated heterocycles. The fourth-order valence-corrected chi connectivity index (χ4v) is 3.30. The van der Waals surface area contributed by atoms with Gasteiger partial charge in [-0.3, -0.25) is 9.69 Å². The van der Waals surface area contributed by atoms with Crippen LogP contribution in [0.3, 0.4) is 0 Å². The number of urea groups is 1. The van der Waals surface area contributed by atoms with E-state index in [0.717, 1.165) is 25.2 Å². The minimum absolute atomic E-state index is 0.0957. The van der Waals surface area contributed by atoms with Gasteiger partial charge in [0.2, 0.25) is 5.91 Å². The van der Waals surface area contributed by atoms with Crippen molar-refractivity contribution in [1.82, 2.24) is 20.4 Å². The van der Waals surface area contributed by atoms with E-state index in [1.54, 1.807) is 11.0 Å². The average molecular weight is 371 g/mol. The molecule has 2 aliphatic rings. The van der Waals surface area contributed by atoms with Crippen LogP contribution in [0.1, 0.15) is 12.0 Å². The maximum Gasteiger partial charge on any atom is 0.318 e. The van der Waals surface area contributed by atoms with Gasteiger partial charge in [-0.15, -0.1) is 0 Å². The van der Waals surface area contributed by atoms with E-state index >= 15 is 0 Å². The van der Waals surface area contributed by atoms with Crippen molar-refractivity contribution in [2.45, 2.75) is 19.0 Å². The summed E-state index contributed by atoms with van der Waals surface area (Å²) in [6.07, 6.45) is 0.655. The number of carbonyl (C=O) groups is 2. The van der Waals surface area contributed by atoms with Gasteiger partial charge >= 0.3 is 6.03 Å². The summed E-state index contributed by atoms with van der Waals surface area (Å²) >= 11 is 12.0. The highest BCUT2D eigenvalue weighted by molar-refractivity contribution is 6.42. The Labute approximate surface area is 151 Å². The van der Waals surface area contributed by atoms with E-state index in [1.165, 1.54) is 0 Å². The summed E-state index contributed by atoms with van der Waals surface area (Å²) in [6, 6.07) is 5.08. The molecule has 0 aromatic heterocycles. The molecule has 1 atom stereocenters. The average Bonchev–Trinajstić information content (AvgIpc) is 2.97. The van der Waals surface area contributed by atoms with E-state index in [9.17, 15) is 9.59 Å². The first-order chi connectivity index (χ1) is 11.5. The van der Waals surface area contributed by atoms with Crippen molar-refractivity contribution >= 4 is 35.1 Å². The van der Waals surface area contributed by atoms with Crippen LogP contribution in [0.5, 0.6) is 0 Å². The highest BCUT2D eigenvalue weighted by Gasteiger charge is 2.28. The number of hydrogen-bond acceptors (Lipinski definition) is 3. The van der Waals surface area contributed by atoms with Crippen molar-refractivity contribution in [2.24, 2.45) is 0 Å². The highest BCUT2D eigenvalue weighted by atomic mass is 35.5. The number of amides is 3. The first kappa shape index (κ1) is 17.3. The molecule has 0 spiro atoms. The summed E-state index contributed by atoms with van der Waals surface area (Å²) in [7, 11) is 0.